The summed E-state index contributed by atoms with van der Waals surface area (Å²) < 4.78 is 22.5. The monoisotopic (exact) mass is 299 g/mol. The van der Waals surface area contributed by atoms with Crippen molar-refractivity contribution in [3.63, 3.8) is 0 Å². The maximum atomic E-state index is 11.3. The summed E-state index contributed by atoms with van der Waals surface area (Å²) in [5.41, 5.74) is 0.613. The highest BCUT2D eigenvalue weighted by Crippen LogP contribution is 2.18. The fourth-order valence-electron chi connectivity index (χ4n) is 2.17. The van der Waals surface area contributed by atoms with Crippen molar-refractivity contribution in [2.75, 3.05) is 5.32 Å². The molecule has 1 saturated carbocycles. The van der Waals surface area contributed by atoms with E-state index in [9.17, 15) is 8.42 Å². The van der Waals surface area contributed by atoms with Gasteiger partial charge in [0, 0.05) is 11.7 Å². The van der Waals surface area contributed by atoms with Crippen molar-refractivity contribution in [2.24, 2.45) is 5.14 Å². The highest BCUT2D eigenvalue weighted by molar-refractivity contribution is 7.89. The van der Waals surface area contributed by atoms with Crippen LogP contribution in [-0.4, -0.2) is 19.6 Å². The maximum absolute atomic E-state index is 11.3. The third-order valence-corrected chi connectivity index (χ3v) is 4.24. The average molecular weight is 299 g/mol. The molecule has 104 valence electrons. The lowest BCUT2D eigenvalue weighted by molar-refractivity contribution is 0.598. The van der Waals surface area contributed by atoms with E-state index in [-0.39, 0.29) is 4.90 Å². The molecule has 7 heteroatoms. The van der Waals surface area contributed by atoms with Gasteiger partial charge in [0.2, 0.25) is 10.0 Å². The van der Waals surface area contributed by atoms with Crippen molar-refractivity contribution in [3.05, 3.63) is 24.3 Å². The third kappa shape index (κ3) is 4.15. The Kier molecular flexibility index (Phi) is 4.38. The smallest absolute Gasteiger partial charge is 0.238 e. The van der Waals surface area contributed by atoms with E-state index in [1.807, 2.05) is 0 Å². The first kappa shape index (κ1) is 14.2. The SMILES string of the molecule is NS(=O)(=O)c1cccc(NC(=S)NC2CCCC2)c1. The Labute approximate surface area is 118 Å². The Hall–Kier alpha value is -1.18. The Balaban J connectivity index is 2.00. The van der Waals surface area contributed by atoms with E-state index in [1.165, 1.54) is 25.0 Å². The van der Waals surface area contributed by atoms with E-state index >= 15 is 0 Å². The molecule has 19 heavy (non-hydrogen) atoms. The van der Waals surface area contributed by atoms with Crippen LogP contribution in [0.1, 0.15) is 25.7 Å². The first-order valence-corrected chi connectivity index (χ1v) is 8.11. The second-order valence-electron chi connectivity index (χ2n) is 4.65. The minimum Gasteiger partial charge on any atom is -0.360 e. The molecule has 0 atom stereocenters. The van der Waals surface area contributed by atoms with Crippen LogP contribution in [0.3, 0.4) is 0 Å². The van der Waals surface area contributed by atoms with Crippen LogP contribution in [-0.2, 0) is 10.0 Å². The molecule has 1 aliphatic carbocycles. The summed E-state index contributed by atoms with van der Waals surface area (Å²) in [6, 6.07) is 6.71. The molecule has 0 spiro atoms. The van der Waals surface area contributed by atoms with Crippen molar-refractivity contribution in [1.82, 2.24) is 5.32 Å². The number of anilines is 1. The van der Waals surface area contributed by atoms with Crippen molar-refractivity contribution in [3.8, 4) is 0 Å². The number of primary sulfonamides is 1. The van der Waals surface area contributed by atoms with Gasteiger partial charge in [-0.25, -0.2) is 13.6 Å². The molecule has 0 amide bonds. The zero-order chi connectivity index (χ0) is 13.9. The zero-order valence-corrected chi connectivity index (χ0v) is 12.1. The molecule has 2 rings (SSSR count). The van der Waals surface area contributed by atoms with Crippen LogP contribution in [0.2, 0.25) is 0 Å². The minimum absolute atomic E-state index is 0.0705. The number of thiocarbonyl (C=S) groups is 1. The molecular formula is C12H17N3O2S2. The summed E-state index contributed by atoms with van der Waals surface area (Å²) in [5, 5.41) is 11.8. The average Bonchev–Trinajstić information content (AvgIpc) is 2.80. The van der Waals surface area contributed by atoms with Gasteiger partial charge in [0.05, 0.1) is 4.90 Å². The number of hydrogen-bond acceptors (Lipinski definition) is 3. The van der Waals surface area contributed by atoms with Gasteiger partial charge in [-0.3, -0.25) is 0 Å². The number of nitrogens with two attached hydrogens (primary N) is 1. The van der Waals surface area contributed by atoms with Crippen LogP contribution in [0.15, 0.2) is 29.2 Å². The van der Waals surface area contributed by atoms with Gasteiger partial charge >= 0.3 is 0 Å². The van der Waals surface area contributed by atoms with Gasteiger partial charge in [0.1, 0.15) is 0 Å². The molecule has 1 fully saturated rings. The lowest BCUT2D eigenvalue weighted by Crippen LogP contribution is -2.35. The molecule has 0 aromatic heterocycles. The molecule has 0 bridgehead atoms. The van der Waals surface area contributed by atoms with E-state index in [0.29, 0.717) is 16.8 Å². The fraction of sp³-hybridized carbons (Fsp3) is 0.417. The molecule has 0 saturated heterocycles. The summed E-state index contributed by atoms with van der Waals surface area (Å²) in [5.74, 6) is 0. The van der Waals surface area contributed by atoms with Crippen LogP contribution >= 0.6 is 12.2 Å². The van der Waals surface area contributed by atoms with Gasteiger partial charge in [-0.1, -0.05) is 18.9 Å². The van der Waals surface area contributed by atoms with E-state index in [4.69, 9.17) is 17.4 Å². The lowest BCUT2D eigenvalue weighted by atomic mass is 10.2. The van der Waals surface area contributed by atoms with Crippen LogP contribution < -0.4 is 15.8 Å². The van der Waals surface area contributed by atoms with Gasteiger partial charge in [0.25, 0.3) is 0 Å². The van der Waals surface area contributed by atoms with Gasteiger partial charge in [-0.15, -0.1) is 0 Å². The van der Waals surface area contributed by atoms with Crippen LogP contribution in [0, 0.1) is 0 Å². The largest absolute Gasteiger partial charge is 0.360 e. The number of nitrogens with one attached hydrogen (secondary N) is 2. The number of hydrogen-bond donors (Lipinski definition) is 3. The summed E-state index contributed by atoms with van der Waals surface area (Å²) >= 11 is 5.21. The second kappa shape index (κ2) is 5.85. The molecule has 0 radical (unpaired) electrons. The predicted molar refractivity (Wildman–Crippen MR) is 79.4 cm³/mol. The van der Waals surface area contributed by atoms with Crippen LogP contribution in [0.4, 0.5) is 5.69 Å². The summed E-state index contributed by atoms with van der Waals surface area (Å²) in [7, 11) is -3.69. The molecule has 0 heterocycles. The summed E-state index contributed by atoms with van der Waals surface area (Å²) in [4.78, 5) is 0.0705. The number of sulfonamides is 1. The lowest BCUT2D eigenvalue weighted by Gasteiger charge is -2.15. The second-order valence-corrected chi connectivity index (χ2v) is 6.62. The quantitative estimate of drug-likeness (QED) is 0.738. The molecular weight excluding hydrogens is 282 g/mol. The molecule has 0 aliphatic heterocycles. The van der Waals surface area contributed by atoms with Gasteiger partial charge in [-0.05, 0) is 43.3 Å². The van der Waals surface area contributed by atoms with Gasteiger partial charge < -0.3 is 10.6 Å². The number of rotatable bonds is 3. The molecule has 0 unspecified atom stereocenters. The molecule has 1 aliphatic rings. The molecule has 1 aromatic carbocycles. The van der Waals surface area contributed by atoms with E-state index in [2.05, 4.69) is 10.6 Å². The first-order valence-electron chi connectivity index (χ1n) is 6.15. The first-order chi connectivity index (χ1) is 8.95. The number of benzene rings is 1. The topological polar surface area (TPSA) is 84.2 Å². The maximum Gasteiger partial charge on any atom is 0.238 e. The van der Waals surface area contributed by atoms with E-state index in [1.54, 1.807) is 12.1 Å². The highest BCUT2D eigenvalue weighted by atomic mass is 32.2. The summed E-state index contributed by atoms with van der Waals surface area (Å²) in [6.07, 6.45) is 4.69. The van der Waals surface area contributed by atoms with E-state index in [0.717, 1.165) is 12.8 Å². The molecule has 4 N–H and O–H groups in total. The Morgan fingerprint density at radius 2 is 2.00 bits per heavy atom. The van der Waals surface area contributed by atoms with Crippen molar-refractivity contribution < 1.29 is 8.42 Å². The highest BCUT2D eigenvalue weighted by Gasteiger charge is 2.15. The zero-order valence-electron chi connectivity index (χ0n) is 10.4. The van der Waals surface area contributed by atoms with Gasteiger partial charge in [-0.2, -0.15) is 0 Å². The third-order valence-electron chi connectivity index (χ3n) is 3.11. The van der Waals surface area contributed by atoms with Crippen LogP contribution in [0.25, 0.3) is 0 Å². The van der Waals surface area contributed by atoms with Crippen LogP contribution in [0.5, 0.6) is 0 Å². The van der Waals surface area contributed by atoms with Gasteiger partial charge in [0.15, 0.2) is 5.11 Å². The van der Waals surface area contributed by atoms with Crippen molar-refractivity contribution in [1.29, 1.82) is 0 Å². The minimum atomic E-state index is -3.69. The summed E-state index contributed by atoms with van der Waals surface area (Å²) in [6.45, 7) is 0. The Bertz CT molecular complexity index is 566. The Morgan fingerprint density at radius 3 is 2.63 bits per heavy atom. The normalized spacial score (nSPS) is 16.3. The molecule has 1 aromatic rings. The predicted octanol–water partition coefficient (Wildman–Crippen LogP) is 1.56. The van der Waals surface area contributed by atoms with Crippen molar-refractivity contribution in [2.45, 2.75) is 36.6 Å². The fourth-order valence-corrected chi connectivity index (χ4v) is 3.02. The standard InChI is InChI=1S/C12H17N3O2S2/c13-19(16,17)11-7-3-6-10(8-11)15-12(18)14-9-4-1-2-5-9/h3,6-9H,1-2,4-5H2,(H2,13,16,17)(H2,14,15,18). The van der Waals surface area contributed by atoms with E-state index < -0.39 is 10.0 Å². The molecule has 5 nitrogen and oxygen atoms in total. The van der Waals surface area contributed by atoms with Crippen molar-refractivity contribution >= 4 is 33.0 Å². The Morgan fingerprint density at radius 1 is 1.32 bits per heavy atom.